The summed E-state index contributed by atoms with van der Waals surface area (Å²) in [5.41, 5.74) is 1.43. The van der Waals surface area contributed by atoms with Crippen molar-refractivity contribution in [1.82, 2.24) is 15.1 Å². The van der Waals surface area contributed by atoms with E-state index >= 15 is 0 Å². The Morgan fingerprint density at radius 3 is 2.43 bits per heavy atom. The number of piperidine rings is 1. The topological polar surface area (TPSA) is 55.8 Å². The molecule has 3 aliphatic rings. The van der Waals surface area contributed by atoms with Crippen molar-refractivity contribution in [3.8, 4) is 0 Å². The Hall–Kier alpha value is -1.43. The minimum Gasteiger partial charge on any atom is -0.480 e. The number of carboxylic acid groups (broad SMARTS) is 1. The summed E-state index contributed by atoms with van der Waals surface area (Å²) in [5.74, 6) is 0.0755. The standard InChI is InChI=1S/C23H35N3O2/c27-23(28)17-26(16-19-6-7-19)22-14-21(15-22)24-20-9-12-25(13-10-20)11-8-18-4-2-1-3-5-18/h1-5,19-22,24H,6-17H2,(H,27,28). The molecule has 0 spiro atoms. The van der Waals surface area contributed by atoms with Gasteiger partial charge in [-0.3, -0.25) is 9.69 Å². The Kier molecular flexibility index (Phi) is 6.65. The molecule has 0 bridgehead atoms. The van der Waals surface area contributed by atoms with Gasteiger partial charge in [0.05, 0.1) is 6.54 Å². The molecule has 1 saturated heterocycles. The molecule has 154 valence electrons. The van der Waals surface area contributed by atoms with Crippen LogP contribution in [0.3, 0.4) is 0 Å². The van der Waals surface area contributed by atoms with Crippen molar-refractivity contribution in [2.75, 3.05) is 32.7 Å². The predicted molar refractivity (Wildman–Crippen MR) is 111 cm³/mol. The number of hydrogen-bond donors (Lipinski definition) is 2. The van der Waals surface area contributed by atoms with Gasteiger partial charge >= 0.3 is 5.97 Å². The molecule has 0 atom stereocenters. The maximum Gasteiger partial charge on any atom is 0.317 e. The highest BCUT2D eigenvalue weighted by molar-refractivity contribution is 5.69. The number of carbonyl (C=O) groups is 1. The van der Waals surface area contributed by atoms with Gasteiger partial charge in [-0.15, -0.1) is 0 Å². The summed E-state index contributed by atoms with van der Waals surface area (Å²) in [5, 5.41) is 13.0. The third kappa shape index (κ3) is 5.79. The molecule has 2 saturated carbocycles. The lowest BCUT2D eigenvalue weighted by Crippen LogP contribution is -2.57. The molecular weight excluding hydrogens is 350 g/mol. The average molecular weight is 386 g/mol. The first-order valence-electron chi connectivity index (χ1n) is 11.1. The molecule has 5 nitrogen and oxygen atoms in total. The highest BCUT2D eigenvalue weighted by Gasteiger charge is 2.38. The molecule has 0 amide bonds. The van der Waals surface area contributed by atoms with E-state index in [2.05, 4.69) is 45.4 Å². The van der Waals surface area contributed by atoms with E-state index in [1.165, 1.54) is 44.3 Å². The number of nitrogens with zero attached hydrogens (tertiary/aromatic N) is 2. The van der Waals surface area contributed by atoms with Crippen molar-refractivity contribution in [2.45, 2.75) is 63.1 Å². The lowest BCUT2D eigenvalue weighted by molar-refractivity contribution is -0.139. The second-order valence-electron chi connectivity index (χ2n) is 9.11. The van der Waals surface area contributed by atoms with Gasteiger partial charge in [-0.2, -0.15) is 0 Å². The van der Waals surface area contributed by atoms with E-state index in [0.29, 0.717) is 18.1 Å². The lowest BCUT2D eigenvalue weighted by atomic mass is 9.84. The molecule has 5 heteroatoms. The van der Waals surface area contributed by atoms with Crippen LogP contribution in [0.25, 0.3) is 0 Å². The van der Waals surface area contributed by atoms with Crippen molar-refractivity contribution < 1.29 is 9.90 Å². The molecule has 2 N–H and O–H groups in total. The van der Waals surface area contributed by atoms with Crippen molar-refractivity contribution in [1.29, 1.82) is 0 Å². The molecule has 1 aromatic carbocycles. The van der Waals surface area contributed by atoms with Crippen molar-refractivity contribution >= 4 is 5.97 Å². The summed E-state index contributed by atoms with van der Waals surface area (Å²) in [4.78, 5) is 16.0. The van der Waals surface area contributed by atoms with Crippen molar-refractivity contribution in [3.05, 3.63) is 35.9 Å². The average Bonchev–Trinajstić information content (AvgIpc) is 3.48. The smallest absolute Gasteiger partial charge is 0.317 e. The van der Waals surface area contributed by atoms with Crippen LogP contribution in [-0.2, 0) is 11.2 Å². The van der Waals surface area contributed by atoms with Crippen LogP contribution in [0, 0.1) is 5.92 Å². The van der Waals surface area contributed by atoms with E-state index in [4.69, 9.17) is 0 Å². The largest absolute Gasteiger partial charge is 0.480 e. The van der Waals surface area contributed by atoms with E-state index in [1.807, 2.05) is 0 Å². The molecule has 0 unspecified atom stereocenters. The predicted octanol–water partition coefficient (Wildman–Crippen LogP) is 2.61. The molecule has 3 fully saturated rings. The van der Waals surface area contributed by atoms with Crippen LogP contribution in [0.1, 0.15) is 44.1 Å². The van der Waals surface area contributed by atoms with Crippen LogP contribution in [0.5, 0.6) is 0 Å². The fraction of sp³-hybridized carbons (Fsp3) is 0.696. The monoisotopic (exact) mass is 385 g/mol. The third-order valence-electron chi connectivity index (χ3n) is 6.78. The Balaban J connectivity index is 1.12. The van der Waals surface area contributed by atoms with Gasteiger partial charge in [0.2, 0.25) is 0 Å². The van der Waals surface area contributed by atoms with E-state index in [9.17, 15) is 9.90 Å². The zero-order valence-electron chi connectivity index (χ0n) is 16.9. The molecule has 1 aromatic rings. The third-order valence-corrected chi connectivity index (χ3v) is 6.78. The molecule has 0 aromatic heterocycles. The Morgan fingerprint density at radius 2 is 1.79 bits per heavy atom. The number of aliphatic carboxylic acids is 1. The van der Waals surface area contributed by atoms with Gasteiger partial charge in [-0.05, 0) is 69.5 Å². The first kappa shape index (κ1) is 19.9. The van der Waals surface area contributed by atoms with Crippen LogP contribution >= 0.6 is 0 Å². The van der Waals surface area contributed by atoms with Gasteiger partial charge in [0.15, 0.2) is 0 Å². The fourth-order valence-corrected chi connectivity index (χ4v) is 4.76. The van der Waals surface area contributed by atoms with Gasteiger partial charge in [0.1, 0.15) is 0 Å². The summed E-state index contributed by atoms with van der Waals surface area (Å²) >= 11 is 0. The minimum atomic E-state index is -0.681. The molecule has 1 aliphatic heterocycles. The summed E-state index contributed by atoms with van der Waals surface area (Å²) in [7, 11) is 0. The van der Waals surface area contributed by atoms with E-state index in [0.717, 1.165) is 38.3 Å². The summed E-state index contributed by atoms with van der Waals surface area (Å²) < 4.78 is 0. The minimum absolute atomic E-state index is 0.216. The lowest BCUT2D eigenvalue weighted by Gasteiger charge is -2.45. The SMILES string of the molecule is O=C(O)CN(CC1CC1)C1CC(NC2CCN(CCc3ccccc3)CC2)C1. The second kappa shape index (κ2) is 9.38. The highest BCUT2D eigenvalue weighted by Crippen LogP contribution is 2.34. The Morgan fingerprint density at radius 1 is 1.07 bits per heavy atom. The Labute approximate surface area is 169 Å². The normalized spacial score (nSPS) is 26.3. The number of likely N-dealkylation sites (tertiary alicyclic amines) is 1. The highest BCUT2D eigenvalue weighted by atomic mass is 16.4. The van der Waals surface area contributed by atoms with Crippen LogP contribution in [0.15, 0.2) is 30.3 Å². The number of rotatable bonds is 10. The molecule has 4 rings (SSSR count). The van der Waals surface area contributed by atoms with Gasteiger partial charge in [0, 0.05) is 31.2 Å². The molecule has 1 heterocycles. The molecule has 28 heavy (non-hydrogen) atoms. The quantitative estimate of drug-likeness (QED) is 0.648. The zero-order chi connectivity index (χ0) is 19.3. The van der Waals surface area contributed by atoms with Crippen LogP contribution in [0.4, 0.5) is 0 Å². The Bertz CT molecular complexity index is 620. The van der Waals surface area contributed by atoms with Gasteiger partial charge in [-0.1, -0.05) is 30.3 Å². The van der Waals surface area contributed by atoms with Gasteiger partial charge < -0.3 is 15.3 Å². The zero-order valence-corrected chi connectivity index (χ0v) is 16.9. The van der Waals surface area contributed by atoms with Gasteiger partial charge in [-0.25, -0.2) is 0 Å². The van der Waals surface area contributed by atoms with Crippen LogP contribution < -0.4 is 5.32 Å². The first-order valence-corrected chi connectivity index (χ1v) is 11.1. The fourth-order valence-electron chi connectivity index (χ4n) is 4.76. The molecule has 2 aliphatic carbocycles. The number of nitrogens with one attached hydrogen (secondary N) is 1. The van der Waals surface area contributed by atoms with Crippen LogP contribution in [-0.4, -0.2) is 71.7 Å². The van der Waals surface area contributed by atoms with E-state index in [1.54, 1.807) is 0 Å². The number of carboxylic acids is 1. The summed E-state index contributed by atoms with van der Waals surface area (Å²) in [6.07, 6.45) is 8.42. The molecular formula is C23H35N3O2. The number of hydrogen-bond acceptors (Lipinski definition) is 4. The van der Waals surface area contributed by atoms with E-state index < -0.39 is 5.97 Å². The summed E-state index contributed by atoms with van der Waals surface area (Å²) in [6, 6.07) is 12.5. The van der Waals surface area contributed by atoms with Crippen LogP contribution in [0.2, 0.25) is 0 Å². The summed E-state index contributed by atoms with van der Waals surface area (Å²) in [6.45, 7) is 4.74. The second-order valence-corrected chi connectivity index (χ2v) is 9.11. The number of benzene rings is 1. The molecule has 0 radical (unpaired) electrons. The van der Waals surface area contributed by atoms with E-state index in [-0.39, 0.29) is 6.54 Å². The first-order chi connectivity index (χ1) is 13.7. The van der Waals surface area contributed by atoms with Crippen molar-refractivity contribution in [2.24, 2.45) is 5.92 Å². The maximum atomic E-state index is 11.2. The maximum absolute atomic E-state index is 11.2. The van der Waals surface area contributed by atoms with Gasteiger partial charge in [0.25, 0.3) is 0 Å². The van der Waals surface area contributed by atoms with Crippen molar-refractivity contribution in [3.63, 3.8) is 0 Å².